The first-order chi connectivity index (χ1) is 8.92. The molecule has 0 bridgehead atoms. The van der Waals surface area contributed by atoms with E-state index in [-0.39, 0.29) is 13.2 Å². The van der Waals surface area contributed by atoms with Crippen molar-refractivity contribution in [1.82, 2.24) is 4.90 Å². The van der Waals surface area contributed by atoms with Crippen LogP contribution in [0.4, 0.5) is 0 Å². The van der Waals surface area contributed by atoms with E-state index in [1.54, 1.807) is 13.8 Å². The second kappa shape index (κ2) is 9.78. The van der Waals surface area contributed by atoms with E-state index >= 15 is 0 Å². The molecule has 0 spiro atoms. The predicted octanol–water partition coefficient (Wildman–Crippen LogP) is 1.71. The van der Waals surface area contributed by atoms with Crippen molar-refractivity contribution >= 4 is 11.9 Å². The largest absolute Gasteiger partial charge is 0.465 e. The molecule has 0 aliphatic rings. The highest BCUT2D eigenvalue weighted by atomic mass is 16.6. The molecule has 0 aromatic heterocycles. The van der Waals surface area contributed by atoms with Crippen LogP contribution in [0.2, 0.25) is 0 Å². The van der Waals surface area contributed by atoms with Gasteiger partial charge < -0.3 is 14.4 Å². The first-order valence-corrected chi connectivity index (χ1v) is 6.90. The van der Waals surface area contributed by atoms with E-state index in [2.05, 4.69) is 11.8 Å². The predicted molar refractivity (Wildman–Crippen MR) is 73.7 cm³/mol. The molecule has 19 heavy (non-hydrogen) atoms. The molecule has 5 heteroatoms. The van der Waals surface area contributed by atoms with Crippen LogP contribution in [0, 0.1) is 11.8 Å². The second-order valence-corrected chi connectivity index (χ2v) is 5.00. The van der Waals surface area contributed by atoms with Gasteiger partial charge in [-0.25, -0.2) is 0 Å². The molecule has 0 aliphatic heterocycles. The van der Waals surface area contributed by atoms with Crippen molar-refractivity contribution in [1.29, 1.82) is 0 Å². The highest BCUT2D eigenvalue weighted by Crippen LogP contribution is 2.16. The van der Waals surface area contributed by atoms with Crippen molar-refractivity contribution in [3.8, 4) is 0 Å². The number of carbonyl (C=O) groups is 2. The molecule has 0 aromatic rings. The summed E-state index contributed by atoms with van der Waals surface area (Å²) in [5, 5.41) is 0. The summed E-state index contributed by atoms with van der Waals surface area (Å²) in [4.78, 5) is 25.6. The Labute approximate surface area is 116 Å². The van der Waals surface area contributed by atoms with Crippen molar-refractivity contribution in [2.24, 2.45) is 11.8 Å². The monoisotopic (exact) mass is 273 g/mol. The molecule has 112 valence electrons. The van der Waals surface area contributed by atoms with E-state index in [1.807, 2.05) is 14.1 Å². The Morgan fingerprint density at radius 2 is 1.47 bits per heavy atom. The normalized spacial score (nSPS) is 12.6. The zero-order valence-corrected chi connectivity index (χ0v) is 12.8. The molecule has 0 aliphatic carbocycles. The van der Waals surface area contributed by atoms with E-state index in [0.29, 0.717) is 12.3 Å². The molecule has 1 atom stereocenters. The van der Waals surface area contributed by atoms with Gasteiger partial charge in [0.15, 0.2) is 5.92 Å². The summed E-state index contributed by atoms with van der Waals surface area (Å²) in [6.07, 6.45) is 1.27. The molecule has 0 fully saturated rings. The van der Waals surface area contributed by atoms with E-state index in [9.17, 15) is 9.59 Å². The average Bonchev–Trinajstić information content (AvgIpc) is 2.28. The Bertz CT molecular complexity index is 261. The summed E-state index contributed by atoms with van der Waals surface area (Å²) in [6.45, 7) is 7.05. The molecule has 0 saturated heterocycles. The lowest BCUT2D eigenvalue weighted by Gasteiger charge is -2.19. The maximum absolute atomic E-state index is 11.8. The Kier molecular flexibility index (Phi) is 9.21. The fourth-order valence-electron chi connectivity index (χ4n) is 1.98. The van der Waals surface area contributed by atoms with Gasteiger partial charge in [-0.15, -0.1) is 0 Å². The summed E-state index contributed by atoms with van der Waals surface area (Å²) in [5.41, 5.74) is 0. The Morgan fingerprint density at radius 1 is 1.00 bits per heavy atom. The van der Waals surface area contributed by atoms with Crippen molar-refractivity contribution in [2.75, 3.05) is 33.9 Å². The summed E-state index contributed by atoms with van der Waals surface area (Å²) < 4.78 is 9.87. The maximum Gasteiger partial charge on any atom is 0.320 e. The first-order valence-electron chi connectivity index (χ1n) is 6.90. The maximum atomic E-state index is 11.8. The summed E-state index contributed by atoms with van der Waals surface area (Å²) in [5.74, 6) is -1.32. The van der Waals surface area contributed by atoms with E-state index in [1.165, 1.54) is 0 Å². The van der Waals surface area contributed by atoms with Gasteiger partial charge in [-0.3, -0.25) is 9.59 Å². The minimum atomic E-state index is -0.787. The van der Waals surface area contributed by atoms with Gasteiger partial charge in [0.05, 0.1) is 13.2 Å². The van der Waals surface area contributed by atoms with Crippen molar-refractivity contribution in [3.05, 3.63) is 0 Å². The lowest BCUT2D eigenvalue weighted by atomic mass is 9.96. The number of hydrogen-bond donors (Lipinski definition) is 0. The van der Waals surface area contributed by atoms with Gasteiger partial charge in [0.2, 0.25) is 0 Å². The fourth-order valence-corrected chi connectivity index (χ4v) is 1.98. The van der Waals surface area contributed by atoms with Gasteiger partial charge in [-0.1, -0.05) is 6.92 Å². The van der Waals surface area contributed by atoms with Gasteiger partial charge >= 0.3 is 11.9 Å². The lowest BCUT2D eigenvalue weighted by Crippen LogP contribution is -2.29. The van der Waals surface area contributed by atoms with Crippen molar-refractivity contribution in [2.45, 2.75) is 33.6 Å². The topological polar surface area (TPSA) is 55.8 Å². The Morgan fingerprint density at radius 3 is 1.84 bits per heavy atom. The zero-order chi connectivity index (χ0) is 14.8. The van der Waals surface area contributed by atoms with Crippen LogP contribution in [0.15, 0.2) is 0 Å². The van der Waals surface area contributed by atoms with Crippen LogP contribution in [-0.2, 0) is 19.1 Å². The Balaban J connectivity index is 4.41. The number of esters is 2. The molecule has 0 rings (SSSR count). The summed E-state index contributed by atoms with van der Waals surface area (Å²) in [7, 11) is 4.01. The van der Waals surface area contributed by atoms with Crippen LogP contribution in [0.5, 0.6) is 0 Å². The second-order valence-electron chi connectivity index (χ2n) is 5.00. The molecule has 0 N–H and O–H groups in total. The van der Waals surface area contributed by atoms with Crippen molar-refractivity contribution < 1.29 is 19.1 Å². The summed E-state index contributed by atoms with van der Waals surface area (Å²) in [6, 6.07) is 0. The third kappa shape index (κ3) is 7.82. The number of hydrogen-bond acceptors (Lipinski definition) is 5. The molecule has 1 unspecified atom stereocenters. The number of rotatable bonds is 9. The van der Waals surface area contributed by atoms with Crippen LogP contribution in [0.25, 0.3) is 0 Å². The van der Waals surface area contributed by atoms with E-state index in [4.69, 9.17) is 9.47 Å². The van der Waals surface area contributed by atoms with E-state index in [0.717, 1.165) is 13.0 Å². The van der Waals surface area contributed by atoms with Gasteiger partial charge in [-0.05, 0) is 46.7 Å². The third-order valence-electron chi connectivity index (χ3n) is 2.77. The highest BCUT2D eigenvalue weighted by molar-refractivity contribution is 5.94. The quantitative estimate of drug-likeness (QED) is 0.473. The molecule has 0 radical (unpaired) electrons. The van der Waals surface area contributed by atoms with Crippen LogP contribution in [0.3, 0.4) is 0 Å². The molecule has 0 saturated carbocycles. The van der Waals surface area contributed by atoms with Crippen LogP contribution in [-0.4, -0.2) is 50.7 Å². The van der Waals surface area contributed by atoms with Gasteiger partial charge in [0.1, 0.15) is 0 Å². The average molecular weight is 273 g/mol. The number of nitrogens with zero attached hydrogens (tertiary/aromatic N) is 1. The van der Waals surface area contributed by atoms with Gasteiger partial charge in [0.25, 0.3) is 0 Å². The van der Waals surface area contributed by atoms with Crippen LogP contribution >= 0.6 is 0 Å². The SMILES string of the molecule is CCOC(=O)C(CCC(C)CN(C)C)C(=O)OCC. The smallest absolute Gasteiger partial charge is 0.320 e. The molecule has 0 amide bonds. The van der Waals surface area contributed by atoms with Crippen molar-refractivity contribution in [3.63, 3.8) is 0 Å². The lowest BCUT2D eigenvalue weighted by molar-refractivity contribution is -0.162. The third-order valence-corrected chi connectivity index (χ3v) is 2.77. The first kappa shape index (κ1) is 17.9. The molecular formula is C14H27NO4. The van der Waals surface area contributed by atoms with Crippen LogP contribution < -0.4 is 0 Å². The van der Waals surface area contributed by atoms with Gasteiger partial charge in [-0.2, -0.15) is 0 Å². The minimum Gasteiger partial charge on any atom is -0.465 e. The van der Waals surface area contributed by atoms with E-state index < -0.39 is 17.9 Å². The standard InChI is InChI=1S/C14H27NO4/c1-6-18-13(16)12(14(17)19-7-2)9-8-11(3)10-15(4)5/h11-12H,6-10H2,1-5H3. The molecular weight excluding hydrogens is 246 g/mol. The van der Waals surface area contributed by atoms with Gasteiger partial charge in [0, 0.05) is 6.54 Å². The fraction of sp³-hybridized carbons (Fsp3) is 0.857. The number of carbonyl (C=O) groups excluding carboxylic acids is 2. The highest BCUT2D eigenvalue weighted by Gasteiger charge is 2.29. The van der Waals surface area contributed by atoms with Crippen LogP contribution in [0.1, 0.15) is 33.6 Å². The molecule has 0 aromatic carbocycles. The Hall–Kier alpha value is -1.10. The molecule has 5 nitrogen and oxygen atoms in total. The molecule has 0 heterocycles. The summed E-state index contributed by atoms with van der Waals surface area (Å²) >= 11 is 0. The minimum absolute atomic E-state index is 0.280. The zero-order valence-electron chi connectivity index (χ0n) is 12.8. The number of ether oxygens (including phenoxy) is 2.